The van der Waals surface area contributed by atoms with Crippen molar-refractivity contribution in [3.8, 4) is 0 Å². The van der Waals surface area contributed by atoms with Crippen molar-refractivity contribution >= 4 is 17.7 Å². The number of hydrogen-bond donors (Lipinski definition) is 0. The van der Waals surface area contributed by atoms with Crippen LogP contribution in [0.5, 0.6) is 0 Å². The van der Waals surface area contributed by atoms with Crippen LogP contribution in [0.1, 0.15) is 40.5 Å². The highest BCUT2D eigenvalue weighted by Gasteiger charge is 2.39. The molecule has 0 saturated heterocycles. The van der Waals surface area contributed by atoms with Crippen LogP contribution in [0.4, 0.5) is 0 Å². The van der Waals surface area contributed by atoms with Gasteiger partial charge in [-0.1, -0.05) is 12.1 Å². The predicted octanol–water partition coefficient (Wildman–Crippen LogP) is 1.29. The van der Waals surface area contributed by atoms with Crippen LogP contribution < -0.4 is 0 Å². The van der Waals surface area contributed by atoms with Crippen molar-refractivity contribution in [1.82, 2.24) is 9.80 Å². The molecule has 0 atom stereocenters. The Bertz CT molecular complexity index is 558. The van der Waals surface area contributed by atoms with Gasteiger partial charge in [-0.3, -0.25) is 19.3 Å². The SMILES string of the molecule is CCN(C(=O)CN1C(=O)c2ccccc2C1=O)C1CC1. The van der Waals surface area contributed by atoms with Gasteiger partial charge in [0, 0.05) is 12.6 Å². The third kappa shape index (κ3) is 1.99. The number of fused-ring (bicyclic) bond motifs is 1. The molecule has 1 aliphatic heterocycles. The summed E-state index contributed by atoms with van der Waals surface area (Å²) in [6, 6.07) is 6.98. The topological polar surface area (TPSA) is 57.7 Å². The third-order valence-electron chi connectivity index (χ3n) is 3.82. The van der Waals surface area contributed by atoms with Crippen molar-refractivity contribution in [2.75, 3.05) is 13.1 Å². The fourth-order valence-corrected chi connectivity index (χ4v) is 2.63. The second-order valence-electron chi connectivity index (χ2n) is 5.15. The zero-order chi connectivity index (χ0) is 14.3. The van der Waals surface area contributed by atoms with Gasteiger partial charge in [-0.2, -0.15) is 0 Å². The molecule has 0 unspecified atom stereocenters. The molecule has 1 aromatic carbocycles. The Morgan fingerprint density at radius 3 is 2.20 bits per heavy atom. The first-order valence-corrected chi connectivity index (χ1v) is 6.88. The molecule has 0 N–H and O–H groups in total. The van der Waals surface area contributed by atoms with E-state index in [9.17, 15) is 14.4 Å². The van der Waals surface area contributed by atoms with E-state index in [1.54, 1.807) is 29.2 Å². The molecule has 0 bridgehead atoms. The Kier molecular flexibility index (Phi) is 3.04. The van der Waals surface area contributed by atoms with Gasteiger partial charge in [-0.15, -0.1) is 0 Å². The minimum Gasteiger partial charge on any atom is -0.338 e. The lowest BCUT2D eigenvalue weighted by Gasteiger charge is -2.23. The summed E-state index contributed by atoms with van der Waals surface area (Å²) in [5, 5.41) is 0. The summed E-state index contributed by atoms with van der Waals surface area (Å²) < 4.78 is 0. The highest BCUT2D eigenvalue weighted by Crippen LogP contribution is 2.27. The Hall–Kier alpha value is -2.17. The maximum absolute atomic E-state index is 12.2. The summed E-state index contributed by atoms with van der Waals surface area (Å²) in [6.45, 7) is 2.38. The van der Waals surface area contributed by atoms with Gasteiger partial charge in [0.2, 0.25) is 5.91 Å². The maximum atomic E-state index is 12.2. The lowest BCUT2D eigenvalue weighted by molar-refractivity contribution is -0.131. The normalized spacial score (nSPS) is 17.4. The van der Waals surface area contributed by atoms with Crippen LogP contribution in [0.2, 0.25) is 0 Å². The van der Waals surface area contributed by atoms with Crippen LogP contribution in [0.3, 0.4) is 0 Å². The van der Waals surface area contributed by atoms with Crippen LogP contribution in [0, 0.1) is 0 Å². The maximum Gasteiger partial charge on any atom is 0.262 e. The second kappa shape index (κ2) is 4.74. The fourth-order valence-electron chi connectivity index (χ4n) is 2.63. The Morgan fingerprint density at radius 2 is 1.75 bits per heavy atom. The predicted molar refractivity (Wildman–Crippen MR) is 72.2 cm³/mol. The van der Waals surface area contributed by atoms with Crippen LogP contribution in [0.25, 0.3) is 0 Å². The monoisotopic (exact) mass is 272 g/mol. The van der Waals surface area contributed by atoms with Crippen molar-refractivity contribution < 1.29 is 14.4 Å². The number of benzene rings is 1. The zero-order valence-corrected chi connectivity index (χ0v) is 11.3. The zero-order valence-electron chi connectivity index (χ0n) is 11.3. The van der Waals surface area contributed by atoms with Crippen molar-refractivity contribution in [3.63, 3.8) is 0 Å². The molecule has 0 radical (unpaired) electrons. The Balaban J connectivity index is 1.78. The van der Waals surface area contributed by atoms with Crippen molar-refractivity contribution in [2.24, 2.45) is 0 Å². The fraction of sp³-hybridized carbons (Fsp3) is 0.400. The number of carbonyl (C=O) groups is 3. The first kappa shape index (κ1) is 12.8. The quantitative estimate of drug-likeness (QED) is 0.776. The molecule has 5 nitrogen and oxygen atoms in total. The first-order chi connectivity index (χ1) is 9.63. The minimum absolute atomic E-state index is 0.149. The molecule has 1 aromatic rings. The summed E-state index contributed by atoms with van der Waals surface area (Å²) in [4.78, 5) is 39.4. The first-order valence-electron chi connectivity index (χ1n) is 6.88. The van der Waals surface area contributed by atoms with Gasteiger partial charge in [0.1, 0.15) is 6.54 Å². The second-order valence-corrected chi connectivity index (χ2v) is 5.15. The number of likely N-dealkylation sites (N-methyl/N-ethyl adjacent to an activating group) is 1. The van der Waals surface area contributed by atoms with Gasteiger partial charge < -0.3 is 4.90 Å². The van der Waals surface area contributed by atoms with E-state index in [0.29, 0.717) is 23.7 Å². The summed E-state index contributed by atoms with van der Waals surface area (Å²) in [5.74, 6) is -0.888. The average Bonchev–Trinajstić information content (AvgIpc) is 3.25. The molecular weight excluding hydrogens is 256 g/mol. The molecule has 3 rings (SSSR count). The molecule has 104 valence electrons. The molecular formula is C15H16N2O3. The van der Waals surface area contributed by atoms with Gasteiger partial charge in [0.15, 0.2) is 0 Å². The highest BCUT2D eigenvalue weighted by atomic mass is 16.2. The number of amides is 3. The van der Waals surface area contributed by atoms with E-state index in [1.807, 2.05) is 6.92 Å². The van der Waals surface area contributed by atoms with Crippen LogP contribution >= 0.6 is 0 Å². The van der Waals surface area contributed by atoms with E-state index in [1.165, 1.54) is 0 Å². The lowest BCUT2D eigenvalue weighted by atomic mass is 10.1. The summed E-state index contributed by atoms with van der Waals surface area (Å²) in [5.41, 5.74) is 0.777. The molecule has 1 aliphatic carbocycles. The number of hydrogen-bond acceptors (Lipinski definition) is 3. The summed E-state index contributed by atoms with van der Waals surface area (Å²) >= 11 is 0. The average molecular weight is 272 g/mol. The smallest absolute Gasteiger partial charge is 0.262 e. The molecule has 0 aromatic heterocycles. The number of rotatable bonds is 4. The van der Waals surface area contributed by atoms with Gasteiger partial charge in [-0.05, 0) is 31.9 Å². The van der Waals surface area contributed by atoms with Crippen LogP contribution in [0.15, 0.2) is 24.3 Å². The molecule has 2 aliphatic rings. The molecule has 0 spiro atoms. The molecule has 1 saturated carbocycles. The molecule has 1 fully saturated rings. The van der Waals surface area contributed by atoms with Crippen LogP contribution in [-0.2, 0) is 4.79 Å². The van der Waals surface area contributed by atoms with Gasteiger partial charge in [0.25, 0.3) is 11.8 Å². The Labute approximate surface area is 117 Å². The molecule has 3 amide bonds. The Morgan fingerprint density at radius 1 is 1.20 bits per heavy atom. The van der Waals surface area contributed by atoms with Crippen molar-refractivity contribution in [1.29, 1.82) is 0 Å². The van der Waals surface area contributed by atoms with Gasteiger partial charge in [0.05, 0.1) is 11.1 Å². The van der Waals surface area contributed by atoms with E-state index >= 15 is 0 Å². The van der Waals surface area contributed by atoms with Crippen LogP contribution in [-0.4, -0.2) is 46.7 Å². The molecule has 5 heteroatoms. The lowest BCUT2D eigenvalue weighted by Crippen LogP contribution is -2.43. The number of imide groups is 1. The van der Waals surface area contributed by atoms with Gasteiger partial charge >= 0.3 is 0 Å². The van der Waals surface area contributed by atoms with E-state index in [4.69, 9.17) is 0 Å². The summed E-state index contributed by atoms with van der Waals surface area (Å²) in [6.07, 6.45) is 2.03. The van der Waals surface area contributed by atoms with E-state index < -0.39 is 0 Å². The van der Waals surface area contributed by atoms with E-state index in [0.717, 1.165) is 17.7 Å². The largest absolute Gasteiger partial charge is 0.338 e. The third-order valence-corrected chi connectivity index (χ3v) is 3.82. The molecule has 20 heavy (non-hydrogen) atoms. The number of carbonyl (C=O) groups excluding carboxylic acids is 3. The standard InChI is InChI=1S/C15H16N2O3/c1-2-16(10-7-8-10)13(18)9-17-14(19)11-5-3-4-6-12(11)15(17)20/h3-6,10H,2,7-9H2,1H3. The van der Waals surface area contributed by atoms with Crippen molar-refractivity contribution in [3.05, 3.63) is 35.4 Å². The number of nitrogens with zero attached hydrogens (tertiary/aromatic N) is 2. The van der Waals surface area contributed by atoms with E-state index in [2.05, 4.69) is 0 Å². The molecule has 1 heterocycles. The minimum atomic E-state index is -0.370. The van der Waals surface area contributed by atoms with E-state index in [-0.39, 0.29) is 24.3 Å². The summed E-state index contributed by atoms with van der Waals surface area (Å²) in [7, 11) is 0. The van der Waals surface area contributed by atoms with Gasteiger partial charge in [-0.25, -0.2) is 0 Å². The van der Waals surface area contributed by atoms with Crippen molar-refractivity contribution in [2.45, 2.75) is 25.8 Å². The highest BCUT2D eigenvalue weighted by molar-refractivity contribution is 6.22.